The summed E-state index contributed by atoms with van der Waals surface area (Å²) in [5.74, 6) is 3.24. The number of urea groups is 1. The van der Waals surface area contributed by atoms with Gasteiger partial charge in [0.15, 0.2) is 0 Å². The molecule has 1 spiro atoms. The average molecular weight is 366 g/mol. The highest BCUT2D eigenvalue weighted by molar-refractivity contribution is 7.99. The van der Waals surface area contributed by atoms with Gasteiger partial charge in [-0.05, 0) is 25.0 Å². The largest absolute Gasteiger partial charge is 0.374 e. The van der Waals surface area contributed by atoms with Gasteiger partial charge in [0.25, 0.3) is 0 Å². The Morgan fingerprint density at radius 2 is 2.32 bits per heavy atom. The summed E-state index contributed by atoms with van der Waals surface area (Å²) >= 11 is 1.97. The first-order chi connectivity index (χ1) is 12.2. The van der Waals surface area contributed by atoms with Crippen molar-refractivity contribution in [3.63, 3.8) is 0 Å². The molecule has 2 atom stereocenters. The van der Waals surface area contributed by atoms with Crippen molar-refractivity contribution >= 4 is 17.8 Å². The molecule has 0 radical (unpaired) electrons. The van der Waals surface area contributed by atoms with Crippen LogP contribution in [0.5, 0.6) is 0 Å². The number of nitrogens with one attached hydrogen (secondary N) is 2. The Hall–Kier alpha value is -1.25. The number of carbonyl (C=O) groups is 1. The lowest BCUT2D eigenvalue weighted by atomic mass is 9.90. The number of ether oxygens (including phenoxy) is 1. The van der Waals surface area contributed by atoms with Gasteiger partial charge in [0.05, 0.1) is 12.1 Å². The van der Waals surface area contributed by atoms with Crippen molar-refractivity contribution in [2.45, 2.75) is 37.5 Å². The second-order valence-corrected chi connectivity index (χ2v) is 8.38. The Kier molecular flexibility index (Phi) is 5.19. The number of carbonyl (C=O) groups excluding carboxylic acids is 1. The summed E-state index contributed by atoms with van der Waals surface area (Å²) in [6, 6.07) is 0.339. The highest BCUT2D eigenvalue weighted by Crippen LogP contribution is 2.38. The maximum atomic E-state index is 12.6. The molecule has 1 aromatic heterocycles. The van der Waals surface area contributed by atoms with Crippen LogP contribution >= 0.6 is 11.8 Å². The van der Waals surface area contributed by atoms with Gasteiger partial charge in [0.1, 0.15) is 5.82 Å². The molecule has 138 valence electrons. The Morgan fingerprint density at radius 3 is 3.04 bits per heavy atom. The quantitative estimate of drug-likeness (QED) is 0.844. The average Bonchev–Trinajstić information content (AvgIpc) is 3.28. The molecule has 0 saturated carbocycles. The van der Waals surface area contributed by atoms with E-state index in [1.54, 1.807) is 6.20 Å². The molecule has 4 rings (SSSR count). The second kappa shape index (κ2) is 7.55. The fraction of sp³-hybridized carbons (Fsp3) is 0.765. The van der Waals surface area contributed by atoms with Crippen LogP contribution in [0, 0.1) is 0 Å². The van der Waals surface area contributed by atoms with Gasteiger partial charge in [-0.15, -0.1) is 0 Å². The first kappa shape index (κ1) is 17.2. The third-order valence-corrected chi connectivity index (χ3v) is 6.70. The molecule has 0 bridgehead atoms. The zero-order valence-electron chi connectivity index (χ0n) is 14.6. The van der Waals surface area contributed by atoms with Crippen LogP contribution in [0.25, 0.3) is 0 Å². The van der Waals surface area contributed by atoms with Gasteiger partial charge in [0.2, 0.25) is 0 Å². The van der Waals surface area contributed by atoms with E-state index in [2.05, 4.69) is 20.2 Å². The maximum absolute atomic E-state index is 12.6. The molecule has 3 aliphatic heterocycles. The van der Waals surface area contributed by atoms with E-state index in [-0.39, 0.29) is 17.7 Å². The third kappa shape index (κ3) is 4.12. The molecule has 25 heavy (non-hydrogen) atoms. The van der Waals surface area contributed by atoms with Crippen LogP contribution in [-0.2, 0) is 11.3 Å². The van der Waals surface area contributed by atoms with Crippen LogP contribution in [0.3, 0.4) is 0 Å². The van der Waals surface area contributed by atoms with Crippen LogP contribution in [0.1, 0.15) is 25.1 Å². The molecule has 2 amide bonds. The number of aromatic nitrogens is 2. The first-order valence-corrected chi connectivity index (χ1v) is 10.4. The number of piperazine rings is 1. The zero-order valence-corrected chi connectivity index (χ0v) is 15.4. The lowest BCUT2D eigenvalue weighted by Gasteiger charge is -2.40. The lowest BCUT2D eigenvalue weighted by molar-refractivity contribution is -0.0689. The molecule has 0 aliphatic carbocycles. The highest BCUT2D eigenvalue weighted by Gasteiger charge is 2.41. The summed E-state index contributed by atoms with van der Waals surface area (Å²) in [7, 11) is 0. The van der Waals surface area contributed by atoms with Crippen molar-refractivity contribution in [1.29, 1.82) is 0 Å². The maximum Gasteiger partial charge on any atom is 0.317 e. The van der Waals surface area contributed by atoms with Gasteiger partial charge < -0.3 is 19.9 Å². The lowest BCUT2D eigenvalue weighted by Crippen LogP contribution is -2.55. The van der Waals surface area contributed by atoms with Crippen molar-refractivity contribution in [2.75, 3.05) is 44.3 Å². The van der Waals surface area contributed by atoms with Gasteiger partial charge in [-0.3, -0.25) is 4.90 Å². The minimum Gasteiger partial charge on any atom is -0.374 e. The van der Waals surface area contributed by atoms with E-state index in [4.69, 9.17) is 4.74 Å². The van der Waals surface area contributed by atoms with E-state index in [0.717, 1.165) is 70.2 Å². The summed E-state index contributed by atoms with van der Waals surface area (Å²) in [5.41, 5.74) is 0.0165. The molecular weight excluding hydrogens is 338 g/mol. The number of H-pyrrole nitrogens is 1. The fourth-order valence-electron chi connectivity index (χ4n) is 3.99. The van der Waals surface area contributed by atoms with E-state index in [1.807, 2.05) is 22.9 Å². The van der Waals surface area contributed by atoms with E-state index in [9.17, 15) is 4.79 Å². The Labute approximate surface area is 152 Å². The van der Waals surface area contributed by atoms with Crippen molar-refractivity contribution in [3.8, 4) is 0 Å². The van der Waals surface area contributed by atoms with Gasteiger partial charge in [-0.25, -0.2) is 9.78 Å². The molecule has 3 aliphatic rings. The molecule has 3 saturated heterocycles. The summed E-state index contributed by atoms with van der Waals surface area (Å²) in [4.78, 5) is 24.3. The first-order valence-electron chi connectivity index (χ1n) is 9.20. The standard InChI is InChI=1S/C17H27N5O2S/c23-16(20-14-1-9-24-17(11-14)2-10-25-13-17)22-7-5-21(6-8-22)12-15-18-3-4-19-15/h3-4,14H,1-2,5-13H2,(H,18,19)(H,20,23). The second-order valence-electron chi connectivity index (χ2n) is 7.27. The molecule has 2 unspecified atom stereocenters. The van der Waals surface area contributed by atoms with Crippen LogP contribution in [0.15, 0.2) is 12.4 Å². The Balaban J connectivity index is 1.23. The van der Waals surface area contributed by atoms with E-state index < -0.39 is 0 Å². The van der Waals surface area contributed by atoms with Crippen molar-refractivity contribution < 1.29 is 9.53 Å². The summed E-state index contributed by atoms with van der Waals surface area (Å²) in [6.45, 7) is 4.92. The molecule has 2 N–H and O–H groups in total. The van der Waals surface area contributed by atoms with Crippen LogP contribution in [0.4, 0.5) is 4.79 Å². The number of amides is 2. The molecule has 3 fully saturated rings. The Bertz CT molecular complexity index is 568. The predicted octanol–water partition coefficient (Wildman–Crippen LogP) is 1.29. The smallest absolute Gasteiger partial charge is 0.317 e. The SMILES string of the molecule is O=C(NC1CCOC2(CCSC2)C1)N1CCN(Cc2ncc[nH]2)CC1. The minimum absolute atomic E-state index is 0.0165. The number of aromatic amines is 1. The molecule has 4 heterocycles. The molecular formula is C17H27N5O2S. The van der Waals surface area contributed by atoms with Gasteiger partial charge >= 0.3 is 6.03 Å². The third-order valence-electron chi connectivity index (χ3n) is 5.48. The van der Waals surface area contributed by atoms with E-state index in [1.165, 1.54) is 5.75 Å². The predicted molar refractivity (Wildman–Crippen MR) is 97.6 cm³/mol. The number of hydrogen-bond donors (Lipinski definition) is 2. The number of hydrogen-bond acceptors (Lipinski definition) is 5. The van der Waals surface area contributed by atoms with Crippen molar-refractivity contribution in [1.82, 2.24) is 25.1 Å². The van der Waals surface area contributed by atoms with Crippen molar-refractivity contribution in [3.05, 3.63) is 18.2 Å². The highest BCUT2D eigenvalue weighted by atomic mass is 32.2. The Morgan fingerprint density at radius 1 is 1.44 bits per heavy atom. The molecule has 1 aromatic rings. The van der Waals surface area contributed by atoms with Crippen LogP contribution in [-0.4, -0.2) is 81.7 Å². The molecule has 0 aromatic carbocycles. The number of imidazole rings is 1. The number of thioether (sulfide) groups is 1. The fourth-order valence-corrected chi connectivity index (χ4v) is 5.36. The summed E-state index contributed by atoms with van der Waals surface area (Å²) in [5, 5.41) is 3.26. The van der Waals surface area contributed by atoms with E-state index in [0.29, 0.717) is 0 Å². The van der Waals surface area contributed by atoms with Gasteiger partial charge in [0, 0.05) is 57.0 Å². The topological polar surface area (TPSA) is 73.5 Å². The van der Waals surface area contributed by atoms with Crippen LogP contribution < -0.4 is 5.32 Å². The van der Waals surface area contributed by atoms with Gasteiger partial charge in [-0.1, -0.05) is 0 Å². The normalized spacial score (nSPS) is 30.7. The number of nitrogens with zero attached hydrogens (tertiary/aromatic N) is 3. The monoisotopic (exact) mass is 365 g/mol. The molecule has 8 heteroatoms. The number of rotatable bonds is 3. The zero-order chi connectivity index (χ0) is 17.1. The van der Waals surface area contributed by atoms with E-state index >= 15 is 0 Å². The van der Waals surface area contributed by atoms with Gasteiger partial charge in [-0.2, -0.15) is 11.8 Å². The van der Waals surface area contributed by atoms with Crippen LogP contribution in [0.2, 0.25) is 0 Å². The summed E-state index contributed by atoms with van der Waals surface area (Å²) in [6.07, 6.45) is 6.64. The minimum atomic E-state index is 0.0165. The molecule has 7 nitrogen and oxygen atoms in total. The van der Waals surface area contributed by atoms with Crippen molar-refractivity contribution in [2.24, 2.45) is 0 Å². The summed E-state index contributed by atoms with van der Waals surface area (Å²) < 4.78 is 6.05.